The molecule has 25 heavy (non-hydrogen) atoms. The molecular weight excluding hydrogens is 314 g/mol. The number of fused-ring (bicyclic) bond motifs is 1. The predicted molar refractivity (Wildman–Crippen MR) is 100.0 cm³/mol. The zero-order chi connectivity index (χ0) is 17.8. The van der Waals surface area contributed by atoms with Gasteiger partial charge in [0.25, 0.3) is 0 Å². The largest absolute Gasteiger partial charge is 0.493 e. The van der Waals surface area contributed by atoms with Crippen molar-refractivity contribution in [3.8, 4) is 11.6 Å². The number of benzene rings is 2. The van der Waals surface area contributed by atoms with Crippen molar-refractivity contribution in [3.05, 3.63) is 54.1 Å². The van der Waals surface area contributed by atoms with Crippen molar-refractivity contribution in [2.24, 2.45) is 16.0 Å². The first-order valence-electron chi connectivity index (χ1n) is 8.29. The molecule has 0 unspecified atom stereocenters. The van der Waals surface area contributed by atoms with Gasteiger partial charge in [-0.15, -0.1) is 10.2 Å². The number of hydrogen-bond acceptors (Lipinski definition) is 3. The second-order valence-electron chi connectivity index (χ2n) is 5.88. The van der Waals surface area contributed by atoms with Crippen molar-refractivity contribution in [1.29, 1.82) is 5.41 Å². The highest BCUT2D eigenvalue weighted by Crippen LogP contribution is 2.40. The zero-order valence-electron chi connectivity index (χ0n) is 14.1. The highest BCUT2D eigenvalue weighted by Gasteiger charge is 2.17. The number of guanidine groups is 1. The van der Waals surface area contributed by atoms with E-state index in [1.807, 2.05) is 36.4 Å². The quantitative estimate of drug-likeness (QED) is 0.359. The lowest BCUT2D eigenvalue weighted by Gasteiger charge is -2.08. The summed E-state index contributed by atoms with van der Waals surface area (Å²) in [5, 5.41) is 26.2. The van der Waals surface area contributed by atoms with Crippen LogP contribution in [0.15, 0.2) is 58.8 Å². The van der Waals surface area contributed by atoms with E-state index in [-0.39, 0.29) is 5.88 Å². The first-order valence-corrected chi connectivity index (χ1v) is 8.29. The van der Waals surface area contributed by atoms with Crippen molar-refractivity contribution in [3.63, 3.8) is 0 Å². The van der Waals surface area contributed by atoms with Crippen molar-refractivity contribution in [2.75, 3.05) is 0 Å². The molecule has 0 aliphatic heterocycles. The Hall–Kier alpha value is -3.15. The maximum atomic E-state index is 10.7. The minimum Gasteiger partial charge on any atom is -0.493 e. The van der Waals surface area contributed by atoms with Crippen molar-refractivity contribution < 1.29 is 5.11 Å². The molecule has 0 saturated carbocycles. The molecule has 0 spiro atoms. The summed E-state index contributed by atoms with van der Waals surface area (Å²) in [6, 6.07) is 15.7. The summed E-state index contributed by atoms with van der Waals surface area (Å²) in [7, 11) is 0. The number of rotatable bonds is 5. The van der Waals surface area contributed by atoms with Crippen LogP contribution in [0.2, 0.25) is 0 Å². The summed E-state index contributed by atoms with van der Waals surface area (Å²) in [5.74, 6) is -0.427. The van der Waals surface area contributed by atoms with Crippen LogP contribution < -0.4 is 5.73 Å². The zero-order valence-corrected chi connectivity index (χ0v) is 14.1. The van der Waals surface area contributed by atoms with E-state index in [1.54, 1.807) is 4.57 Å². The van der Waals surface area contributed by atoms with E-state index in [2.05, 4.69) is 29.3 Å². The van der Waals surface area contributed by atoms with Gasteiger partial charge in [0.1, 0.15) is 0 Å². The SMILES string of the molecule is CCCCc1ccc(-n2c(O)c(N=NC(=N)N)c3ccccc32)cc1. The normalized spacial score (nSPS) is 11.4. The second-order valence-corrected chi connectivity index (χ2v) is 5.88. The van der Waals surface area contributed by atoms with Gasteiger partial charge < -0.3 is 10.8 Å². The maximum absolute atomic E-state index is 10.7. The molecule has 0 radical (unpaired) electrons. The number of azo groups is 1. The van der Waals surface area contributed by atoms with E-state index in [1.165, 1.54) is 5.56 Å². The van der Waals surface area contributed by atoms with Gasteiger partial charge in [-0.2, -0.15) is 0 Å². The lowest BCUT2D eigenvalue weighted by atomic mass is 10.1. The minimum atomic E-state index is -0.406. The van der Waals surface area contributed by atoms with Crippen LogP contribution in [0.1, 0.15) is 25.3 Å². The highest BCUT2D eigenvalue weighted by molar-refractivity contribution is 5.96. The van der Waals surface area contributed by atoms with Crippen LogP contribution in [-0.2, 0) is 6.42 Å². The van der Waals surface area contributed by atoms with E-state index in [0.717, 1.165) is 35.9 Å². The molecule has 4 N–H and O–H groups in total. The fourth-order valence-corrected chi connectivity index (χ4v) is 2.87. The number of aromatic hydroxyl groups is 1. The monoisotopic (exact) mass is 335 g/mol. The Balaban J connectivity index is 2.10. The fraction of sp³-hybridized carbons (Fsp3) is 0.211. The van der Waals surface area contributed by atoms with Crippen LogP contribution >= 0.6 is 0 Å². The summed E-state index contributed by atoms with van der Waals surface area (Å²) in [6.07, 6.45) is 3.37. The number of nitrogens with zero attached hydrogens (tertiary/aromatic N) is 3. The molecule has 3 rings (SSSR count). The van der Waals surface area contributed by atoms with Gasteiger partial charge in [-0.3, -0.25) is 9.98 Å². The second kappa shape index (κ2) is 7.17. The number of unbranched alkanes of at least 4 members (excludes halogenated alkanes) is 1. The molecule has 0 aliphatic rings. The van der Waals surface area contributed by atoms with Gasteiger partial charge in [0, 0.05) is 11.1 Å². The number of aryl methyl sites for hydroxylation is 1. The number of hydrogen-bond donors (Lipinski definition) is 3. The van der Waals surface area contributed by atoms with Crippen LogP contribution in [0.25, 0.3) is 16.6 Å². The summed E-state index contributed by atoms with van der Waals surface area (Å²) in [6.45, 7) is 2.18. The molecule has 1 heterocycles. The Bertz CT molecular complexity index is 925. The van der Waals surface area contributed by atoms with Gasteiger partial charge in [-0.1, -0.05) is 43.7 Å². The van der Waals surface area contributed by atoms with Gasteiger partial charge in [-0.05, 0) is 36.6 Å². The molecule has 0 atom stereocenters. The van der Waals surface area contributed by atoms with E-state index >= 15 is 0 Å². The smallest absolute Gasteiger partial charge is 0.232 e. The summed E-state index contributed by atoms with van der Waals surface area (Å²) >= 11 is 0. The minimum absolute atomic E-state index is 0.0208. The van der Waals surface area contributed by atoms with Gasteiger partial charge in [0.05, 0.1) is 5.52 Å². The highest BCUT2D eigenvalue weighted by atomic mass is 16.3. The molecule has 0 fully saturated rings. The summed E-state index contributed by atoms with van der Waals surface area (Å²) < 4.78 is 1.73. The van der Waals surface area contributed by atoms with Crippen molar-refractivity contribution in [2.45, 2.75) is 26.2 Å². The third kappa shape index (κ3) is 3.38. The summed E-state index contributed by atoms with van der Waals surface area (Å²) in [5.41, 5.74) is 8.49. The topological polar surface area (TPSA) is 99.7 Å². The number of nitrogens with one attached hydrogen (secondary N) is 1. The Morgan fingerprint density at radius 3 is 2.56 bits per heavy atom. The Morgan fingerprint density at radius 1 is 1.16 bits per heavy atom. The molecule has 0 bridgehead atoms. The van der Waals surface area contributed by atoms with Crippen LogP contribution in [0.4, 0.5) is 5.69 Å². The number of aromatic nitrogens is 1. The Kier molecular flexibility index (Phi) is 4.79. The Morgan fingerprint density at radius 2 is 1.88 bits per heavy atom. The third-order valence-corrected chi connectivity index (χ3v) is 4.09. The Labute approximate surface area is 146 Å². The molecule has 0 saturated heterocycles. The fourth-order valence-electron chi connectivity index (χ4n) is 2.87. The van der Waals surface area contributed by atoms with Gasteiger partial charge >= 0.3 is 0 Å². The van der Waals surface area contributed by atoms with Crippen LogP contribution in [0.5, 0.6) is 5.88 Å². The van der Waals surface area contributed by atoms with Gasteiger partial charge in [-0.25, -0.2) is 0 Å². The number of para-hydroxylation sites is 1. The third-order valence-electron chi connectivity index (χ3n) is 4.09. The van der Waals surface area contributed by atoms with Crippen LogP contribution in [0.3, 0.4) is 0 Å². The van der Waals surface area contributed by atoms with Crippen LogP contribution in [0, 0.1) is 5.41 Å². The molecule has 3 aromatic rings. The van der Waals surface area contributed by atoms with E-state index in [9.17, 15) is 5.11 Å². The van der Waals surface area contributed by atoms with Gasteiger partial charge in [0.2, 0.25) is 11.8 Å². The first kappa shape index (κ1) is 16.7. The average molecular weight is 335 g/mol. The molecular formula is C19H21N5O. The van der Waals surface area contributed by atoms with E-state index in [0.29, 0.717) is 5.69 Å². The predicted octanol–water partition coefficient (Wildman–Crippen LogP) is 4.66. The van der Waals surface area contributed by atoms with Crippen molar-refractivity contribution >= 4 is 22.5 Å². The molecule has 0 amide bonds. The maximum Gasteiger partial charge on any atom is 0.232 e. The lowest BCUT2D eigenvalue weighted by molar-refractivity contribution is 0.446. The first-order chi connectivity index (χ1) is 12.1. The van der Waals surface area contributed by atoms with Crippen molar-refractivity contribution in [1.82, 2.24) is 4.57 Å². The number of nitrogens with two attached hydrogens (primary N) is 1. The molecule has 1 aromatic heterocycles. The summed E-state index contributed by atoms with van der Waals surface area (Å²) in [4.78, 5) is 0. The standard InChI is InChI=1S/C19H21N5O/c1-2-3-6-13-9-11-14(12-10-13)24-16-8-5-4-7-15(16)17(18(24)25)22-23-19(20)21/h4-5,7-12,25H,2-3,6H2,1H3,(H3,20,21). The molecule has 0 aliphatic carbocycles. The molecule has 128 valence electrons. The van der Waals surface area contributed by atoms with E-state index in [4.69, 9.17) is 11.1 Å². The average Bonchev–Trinajstić information content (AvgIpc) is 2.90. The van der Waals surface area contributed by atoms with E-state index < -0.39 is 5.96 Å². The van der Waals surface area contributed by atoms with Gasteiger partial charge in [0.15, 0.2) is 5.69 Å². The van der Waals surface area contributed by atoms with Crippen LogP contribution in [-0.4, -0.2) is 15.6 Å². The molecule has 2 aromatic carbocycles. The molecule has 6 heteroatoms. The lowest BCUT2D eigenvalue weighted by Crippen LogP contribution is -2.03. The molecule has 6 nitrogen and oxygen atoms in total.